The highest BCUT2D eigenvalue weighted by atomic mass is 15.2. The minimum Gasteiger partial charge on any atom is -0.370 e. The number of benzene rings is 2. The molecule has 1 aliphatic rings. The van der Waals surface area contributed by atoms with Gasteiger partial charge in [-0.15, -0.1) is 0 Å². The first-order valence-corrected chi connectivity index (χ1v) is 8.53. The Balaban J connectivity index is 2.15. The first kappa shape index (κ1) is 16.6. The summed E-state index contributed by atoms with van der Waals surface area (Å²) in [6.45, 7) is 13.0. The summed E-state index contributed by atoms with van der Waals surface area (Å²) in [5.41, 5.74) is 16.4. The minimum absolute atomic E-state index is 0.0192. The minimum atomic E-state index is 0.0192. The summed E-state index contributed by atoms with van der Waals surface area (Å²) in [7, 11) is 0. The van der Waals surface area contributed by atoms with Crippen molar-refractivity contribution in [3.63, 3.8) is 0 Å². The Bertz CT molecular complexity index is 787. The van der Waals surface area contributed by atoms with Gasteiger partial charge < -0.3 is 11.1 Å². The standard InChI is InChI=1S/C21H27N3/c1-11-7-13(3)17(14(4)8-11)19-20(24-21(22)23-19)18-15(5)9-12(2)10-16(18)6/h7-10,19-20H,1-6H3,(H3,22,23,24)/t19-,20-/m1/s1. The second kappa shape index (κ2) is 5.97. The molecular weight excluding hydrogens is 294 g/mol. The molecule has 0 fully saturated rings. The first-order valence-electron chi connectivity index (χ1n) is 8.53. The van der Waals surface area contributed by atoms with Crippen molar-refractivity contribution in [3.8, 4) is 0 Å². The Morgan fingerprint density at radius 3 is 1.62 bits per heavy atom. The van der Waals surface area contributed by atoms with Gasteiger partial charge in [0.2, 0.25) is 0 Å². The van der Waals surface area contributed by atoms with Crippen LogP contribution in [0.5, 0.6) is 0 Å². The van der Waals surface area contributed by atoms with Crippen LogP contribution < -0.4 is 11.1 Å². The van der Waals surface area contributed by atoms with E-state index in [4.69, 9.17) is 10.7 Å². The van der Waals surface area contributed by atoms with Gasteiger partial charge in [-0.05, 0) is 74.9 Å². The Kier molecular flexibility index (Phi) is 4.12. The van der Waals surface area contributed by atoms with Crippen molar-refractivity contribution in [2.75, 3.05) is 0 Å². The van der Waals surface area contributed by atoms with Crippen molar-refractivity contribution in [1.82, 2.24) is 5.32 Å². The van der Waals surface area contributed by atoms with Gasteiger partial charge >= 0.3 is 0 Å². The molecule has 3 rings (SSSR count). The fourth-order valence-electron chi connectivity index (χ4n) is 4.30. The van der Waals surface area contributed by atoms with Crippen LogP contribution in [-0.4, -0.2) is 5.96 Å². The molecule has 126 valence electrons. The van der Waals surface area contributed by atoms with Crippen LogP contribution in [0.3, 0.4) is 0 Å². The van der Waals surface area contributed by atoms with E-state index < -0.39 is 0 Å². The second-order valence-electron chi connectivity index (χ2n) is 7.21. The van der Waals surface area contributed by atoms with Crippen LogP contribution in [0, 0.1) is 41.5 Å². The summed E-state index contributed by atoms with van der Waals surface area (Å²) in [5.74, 6) is 0.531. The molecule has 1 heterocycles. The van der Waals surface area contributed by atoms with Gasteiger partial charge in [0.25, 0.3) is 0 Å². The third-order valence-corrected chi connectivity index (χ3v) is 4.98. The van der Waals surface area contributed by atoms with Crippen molar-refractivity contribution < 1.29 is 0 Å². The fourth-order valence-corrected chi connectivity index (χ4v) is 4.30. The monoisotopic (exact) mass is 321 g/mol. The third kappa shape index (κ3) is 2.79. The number of hydrogen-bond donors (Lipinski definition) is 2. The van der Waals surface area contributed by atoms with Gasteiger partial charge in [0, 0.05) is 0 Å². The maximum Gasteiger partial charge on any atom is 0.189 e. The van der Waals surface area contributed by atoms with E-state index in [1.165, 1.54) is 44.5 Å². The van der Waals surface area contributed by atoms with Crippen LogP contribution >= 0.6 is 0 Å². The molecule has 0 amide bonds. The van der Waals surface area contributed by atoms with Crippen LogP contribution in [0.15, 0.2) is 29.3 Å². The second-order valence-corrected chi connectivity index (χ2v) is 7.21. The van der Waals surface area contributed by atoms with Crippen LogP contribution in [0.2, 0.25) is 0 Å². The van der Waals surface area contributed by atoms with Gasteiger partial charge in [0.1, 0.15) is 6.04 Å². The molecule has 2 atom stereocenters. The largest absolute Gasteiger partial charge is 0.370 e. The van der Waals surface area contributed by atoms with Crippen molar-refractivity contribution in [1.29, 1.82) is 0 Å². The molecule has 0 aliphatic carbocycles. The lowest BCUT2D eigenvalue weighted by molar-refractivity contribution is 0.561. The predicted molar refractivity (Wildman–Crippen MR) is 102 cm³/mol. The Morgan fingerprint density at radius 1 is 0.750 bits per heavy atom. The van der Waals surface area contributed by atoms with E-state index in [2.05, 4.69) is 71.1 Å². The lowest BCUT2D eigenvalue weighted by Gasteiger charge is -2.26. The topological polar surface area (TPSA) is 50.4 Å². The number of nitrogens with zero attached hydrogens (tertiary/aromatic N) is 1. The number of nitrogens with one attached hydrogen (secondary N) is 1. The highest BCUT2D eigenvalue weighted by Crippen LogP contribution is 2.41. The maximum absolute atomic E-state index is 6.09. The Morgan fingerprint density at radius 2 is 1.17 bits per heavy atom. The molecule has 0 saturated heterocycles. The van der Waals surface area contributed by atoms with E-state index >= 15 is 0 Å². The smallest absolute Gasteiger partial charge is 0.189 e. The number of guanidine groups is 1. The number of aryl methyl sites for hydroxylation is 6. The zero-order valence-corrected chi connectivity index (χ0v) is 15.5. The molecule has 0 spiro atoms. The lowest BCUT2D eigenvalue weighted by atomic mass is 9.84. The van der Waals surface area contributed by atoms with E-state index in [0.29, 0.717) is 5.96 Å². The number of rotatable bonds is 2. The first-order chi connectivity index (χ1) is 11.3. The molecule has 3 N–H and O–H groups in total. The predicted octanol–water partition coefficient (Wildman–Crippen LogP) is 4.24. The summed E-state index contributed by atoms with van der Waals surface area (Å²) in [5, 5.41) is 3.42. The van der Waals surface area contributed by atoms with Crippen molar-refractivity contribution >= 4 is 5.96 Å². The third-order valence-electron chi connectivity index (χ3n) is 4.98. The van der Waals surface area contributed by atoms with Crippen LogP contribution in [0.25, 0.3) is 0 Å². The molecule has 0 unspecified atom stereocenters. The molecule has 1 aliphatic heterocycles. The summed E-state index contributed by atoms with van der Waals surface area (Å²) >= 11 is 0. The molecule has 0 aromatic heterocycles. The molecule has 0 saturated carbocycles. The van der Waals surface area contributed by atoms with Crippen LogP contribution in [0.1, 0.15) is 56.6 Å². The molecule has 0 radical (unpaired) electrons. The summed E-state index contributed by atoms with van der Waals surface area (Å²) in [4.78, 5) is 4.76. The van der Waals surface area contributed by atoms with Gasteiger partial charge in [-0.1, -0.05) is 35.4 Å². The average Bonchev–Trinajstić information content (AvgIpc) is 2.77. The molecule has 3 nitrogen and oxygen atoms in total. The molecule has 24 heavy (non-hydrogen) atoms. The SMILES string of the molecule is Cc1cc(C)c([C@H]2N=C(N)N[C@@H]2c2c(C)cc(C)cc2C)c(C)c1. The van der Waals surface area contributed by atoms with Crippen LogP contribution in [0.4, 0.5) is 0 Å². The molecule has 3 heteroatoms. The number of hydrogen-bond acceptors (Lipinski definition) is 3. The van der Waals surface area contributed by atoms with E-state index in [1.807, 2.05) is 0 Å². The van der Waals surface area contributed by atoms with Crippen molar-refractivity contribution in [3.05, 3.63) is 68.8 Å². The van der Waals surface area contributed by atoms with E-state index in [0.717, 1.165) is 0 Å². The molecule has 2 aromatic rings. The quantitative estimate of drug-likeness (QED) is 0.869. The number of aliphatic imine (C=N–C) groups is 1. The maximum atomic E-state index is 6.09. The van der Waals surface area contributed by atoms with Gasteiger partial charge in [-0.25, -0.2) is 4.99 Å². The normalized spacial score (nSPS) is 20.0. The zero-order chi connectivity index (χ0) is 17.6. The van der Waals surface area contributed by atoms with Gasteiger partial charge in [-0.3, -0.25) is 0 Å². The highest BCUT2D eigenvalue weighted by molar-refractivity contribution is 5.81. The highest BCUT2D eigenvalue weighted by Gasteiger charge is 2.34. The zero-order valence-electron chi connectivity index (χ0n) is 15.5. The Hall–Kier alpha value is -2.29. The summed E-state index contributed by atoms with van der Waals surface area (Å²) in [6.07, 6.45) is 0. The summed E-state index contributed by atoms with van der Waals surface area (Å²) in [6, 6.07) is 9.06. The fraction of sp³-hybridized carbons (Fsp3) is 0.381. The Labute approximate surface area is 145 Å². The van der Waals surface area contributed by atoms with E-state index in [-0.39, 0.29) is 12.1 Å². The van der Waals surface area contributed by atoms with E-state index in [9.17, 15) is 0 Å². The van der Waals surface area contributed by atoms with Gasteiger partial charge in [0.15, 0.2) is 5.96 Å². The van der Waals surface area contributed by atoms with Crippen LogP contribution in [-0.2, 0) is 0 Å². The van der Waals surface area contributed by atoms with E-state index in [1.54, 1.807) is 0 Å². The average molecular weight is 321 g/mol. The molecule has 2 aromatic carbocycles. The summed E-state index contributed by atoms with van der Waals surface area (Å²) < 4.78 is 0. The van der Waals surface area contributed by atoms with Gasteiger partial charge in [0.05, 0.1) is 6.04 Å². The number of nitrogens with two attached hydrogens (primary N) is 1. The molecule has 0 bridgehead atoms. The molecular formula is C21H27N3. The lowest BCUT2D eigenvalue weighted by Crippen LogP contribution is -2.31. The van der Waals surface area contributed by atoms with Crippen molar-refractivity contribution in [2.45, 2.75) is 53.6 Å². The van der Waals surface area contributed by atoms with Crippen molar-refractivity contribution in [2.24, 2.45) is 10.7 Å². The van der Waals surface area contributed by atoms with Gasteiger partial charge in [-0.2, -0.15) is 0 Å².